The first-order valence-electron chi connectivity index (χ1n) is 6.60. The predicted octanol–water partition coefficient (Wildman–Crippen LogP) is 1.24. The van der Waals surface area contributed by atoms with Gasteiger partial charge in [-0.05, 0) is 46.0 Å². The molecule has 1 aromatic rings. The molecular formula is C14H21N3O3. The van der Waals surface area contributed by atoms with E-state index in [1.807, 2.05) is 7.05 Å². The molecule has 0 aliphatic heterocycles. The standard InChI is InChI=1S/C14H21N3O3/c1-10(2)17(3)9-5-8-15-13(18)11-6-4-7-12(16-11)14(19)20/h4,6-7,10H,5,8-9H2,1-3H3,(H,15,18)(H,19,20). The van der Waals surface area contributed by atoms with Gasteiger partial charge in [0.1, 0.15) is 11.4 Å². The van der Waals surface area contributed by atoms with Crippen molar-refractivity contribution in [3.05, 3.63) is 29.6 Å². The van der Waals surface area contributed by atoms with Gasteiger partial charge in [-0.15, -0.1) is 0 Å². The van der Waals surface area contributed by atoms with Crippen LogP contribution in [0.15, 0.2) is 18.2 Å². The third-order valence-electron chi connectivity index (χ3n) is 3.06. The molecule has 110 valence electrons. The summed E-state index contributed by atoms with van der Waals surface area (Å²) in [6.45, 7) is 5.65. The first-order valence-corrected chi connectivity index (χ1v) is 6.60. The molecule has 1 rings (SSSR count). The van der Waals surface area contributed by atoms with Gasteiger partial charge in [-0.2, -0.15) is 0 Å². The van der Waals surface area contributed by atoms with Gasteiger partial charge in [0.25, 0.3) is 5.91 Å². The smallest absolute Gasteiger partial charge is 0.354 e. The van der Waals surface area contributed by atoms with E-state index >= 15 is 0 Å². The first kappa shape index (κ1) is 16.1. The zero-order valence-corrected chi connectivity index (χ0v) is 12.1. The largest absolute Gasteiger partial charge is 0.477 e. The molecule has 0 aliphatic rings. The average molecular weight is 279 g/mol. The topological polar surface area (TPSA) is 82.5 Å². The number of rotatable bonds is 7. The van der Waals surface area contributed by atoms with Crippen LogP contribution in [0.2, 0.25) is 0 Å². The molecule has 0 saturated heterocycles. The Morgan fingerprint density at radius 2 is 2.00 bits per heavy atom. The van der Waals surface area contributed by atoms with Crippen molar-refractivity contribution in [3.8, 4) is 0 Å². The highest BCUT2D eigenvalue weighted by Crippen LogP contribution is 2.00. The second kappa shape index (κ2) is 7.59. The van der Waals surface area contributed by atoms with E-state index in [9.17, 15) is 9.59 Å². The Morgan fingerprint density at radius 3 is 2.60 bits per heavy atom. The van der Waals surface area contributed by atoms with Crippen molar-refractivity contribution in [3.63, 3.8) is 0 Å². The average Bonchev–Trinajstić information content (AvgIpc) is 2.43. The molecule has 0 aromatic carbocycles. The Kier molecular flexibility index (Phi) is 6.11. The van der Waals surface area contributed by atoms with Gasteiger partial charge in [-0.1, -0.05) is 6.07 Å². The van der Waals surface area contributed by atoms with E-state index in [1.165, 1.54) is 18.2 Å². The minimum atomic E-state index is -1.14. The number of carboxylic acid groups (broad SMARTS) is 1. The molecule has 6 nitrogen and oxygen atoms in total. The molecule has 2 N–H and O–H groups in total. The Labute approximate surface area is 118 Å². The maximum absolute atomic E-state index is 11.8. The molecule has 0 atom stereocenters. The minimum Gasteiger partial charge on any atom is -0.477 e. The number of nitrogens with one attached hydrogen (secondary N) is 1. The molecule has 0 saturated carbocycles. The van der Waals surface area contributed by atoms with Crippen LogP contribution in [0.25, 0.3) is 0 Å². The lowest BCUT2D eigenvalue weighted by molar-refractivity contribution is 0.0690. The maximum atomic E-state index is 11.8. The first-order chi connectivity index (χ1) is 9.41. The van der Waals surface area contributed by atoms with E-state index in [4.69, 9.17) is 5.11 Å². The van der Waals surface area contributed by atoms with Gasteiger partial charge >= 0.3 is 5.97 Å². The number of pyridine rings is 1. The van der Waals surface area contributed by atoms with Gasteiger partial charge < -0.3 is 15.3 Å². The fourth-order valence-corrected chi connectivity index (χ4v) is 1.56. The van der Waals surface area contributed by atoms with E-state index < -0.39 is 5.97 Å². The third kappa shape index (κ3) is 4.97. The number of aromatic nitrogens is 1. The van der Waals surface area contributed by atoms with Crippen molar-refractivity contribution < 1.29 is 14.7 Å². The number of carbonyl (C=O) groups excluding carboxylic acids is 1. The van der Waals surface area contributed by atoms with E-state index in [2.05, 4.69) is 29.0 Å². The number of carbonyl (C=O) groups is 2. The summed E-state index contributed by atoms with van der Waals surface area (Å²) in [6.07, 6.45) is 0.832. The number of nitrogens with zero attached hydrogens (tertiary/aromatic N) is 2. The zero-order valence-electron chi connectivity index (χ0n) is 12.1. The van der Waals surface area contributed by atoms with Crippen molar-refractivity contribution in [2.24, 2.45) is 0 Å². The van der Waals surface area contributed by atoms with E-state index in [0.29, 0.717) is 12.6 Å². The fourth-order valence-electron chi connectivity index (χ4n) is 1.56. The van der Waals surface area contributed by atoms with Gasteiger partial charge in [0.15, 0.2) is 0 Å². The highest BCUT2D eigenvalue weighted by atomic mass is 16.4. The molecule has 1 aromatic heterocycles. The summed E-state index contributed by atoms with van der Waals surface area (Å²) in [6, 6.07) is 4.84. The number of aromatic carboxylic acids is 1. The summed E-state index contributed by atoms with van der Waals surface area (Å²) < 4.78 is 0. The highest BCUT2D eigenvalue weighted by molar-refractivity contribution is 5.94. The van der Waals surface area contributed by atoms with Crippen LogP contribution >= 0.6 is 0 Å². The van der Waals surface area contributed by atoms with Crippen LogP contribution in [0.3, 0.4) is 0 Å². The molecule has 1 heterocycles. The van der Waals surface area contributed by atoms with Crippen molar-refractivity contribution in [2.45, 2.75) is 26.3 Å². The minimum absolute atomic E-state index is 0.127. The van der Waals surface area contributed by atoms with Crippen LogP contribution in [0.1, 0.15) is 41.2 Å². The van der Waals surface area contributed by atoms with Crippen LogP contribution in [0, 0.1) is 0 Å². The van der Waals surface area contributed by atoms with Crippen LogP contribution in [0.5, 0.6) is 0 Å². The summed E-state index contributed by atoms with van der Waals surface area (Å²) in [7, 11) is 2.03. The second-order valence-electron chi connectivity index (χ2n) is 4.90. The second-order valence-corrected chi connectivity index (χ2v) is 4.90. The van der Waals surface area contributed by atoms with Crippen molar-refractivity contribution in [1.82, 2.24) is 15.2 Å². The van der Waals surface area contributed by atoms with Crippen LogP contribution in [0.4, 0.5) is 0 Å². The zero-order chi connectivity index (χ0) is 15.1. The summed E-state index contributed by atoms with van der Waals surface area (Å²) in [5, 5.41) is 11.6. The van der Waals surface area contributed by atoms with Gasteiger partial charge in [-0.3, -0.25) is 4.79 Å². The van der Waals surface area contributed by atoms with E-state index in [-0.39, 0.29) is 17.3 Å². The summed E-state index contributed by atoms with van der Waals surface area (Å²) in [4.78, 5) is 28.6. The highest BCUT2D eigenvalue weighted by Gasteiger charge is 2.11. The molecule has 20 heavy (non-hydrogen) atoms. The van der Waals surface area contributed by atoms with Crippen molar-refractivity contribution in [2.75, 3.05) is 20.1 Å². The Morgan fingerprint density at radius 1 is 1.35 bits per heavy atom. The lowest BCUT2D eigenvalue weighted by Crippen LogP contribution is -2.31. The predicted molar refractivity (Wildman–Crippen MR) is 75.9 cm³/mol. The van der Waals surface area contributed by atoms with Crippen molar-refractivity contribution in [1.29, 1.82) is 0 Å². The van der Waals surface area contributed by atoms with E-state index in [1.54, 1.807) is 0 Å². The fraction of sp³-hybridized carbons (Fsp3) is 0.500. The molecule has 0 bridgehead atoms. The molecule has 0 fully saturated rings. The lowest BCUT2D eigenvalue weighted by atomic mass is 10.2. The molecular weight excluding hydrogens is 258 g/mol. The molecule has 6 heteroatoms. The molecule has 0 unspecified atom stereocenters. The van der Waals surface area contributed by atoms with Crippen LogP contribution in [-0.4, -0.2) is 53.0 Å². The van der Waals surface area contributed by atoms with Gasteiger partial charge in [0.05, 0.1) is 0 Å². The Bertz CT molecular complexity index is 474. The number of carboxylic acids is 1. The maximum Gasteiger partial charge on any atom is 0.354 e. The summed E-state index contributed by atoms with van der Waals surface area (Å²) in [5.74, 6) is -1.49. The lowest BCUT2D eigenvalue weighted by Gasteiger charge is -2.20. The summed E-state index contributed by atoms with van der Waals surface area (Å²) >= 11 is 0. The Balaban J connectivity index is 2.43. The number of hydrogen-bond donors (Lipinski definition) is 2. The molecule has 0 radical (unpaired) electrons. The number of amides is 1. The Hall–Kier alpha value is -1.95. The van der Waals surface area contributed by atoms with Crippen molar-refractivity contribution >= 4 is 11.9 Å². The van der Waals surface area contributed by atoms with Gasteiger partial charge in [0, 0.05) is 12.6 Å². The molecule has 0 aliphatic carbocycles. The van der Waals surface area contributed by atoms with E-state index in [0.717, 1.165) is 13.0 Å². The monoisotopic (exact) mass is 279 g/mol. The van der Waals surface area contributed by atoms with Gasteiger partial charge in [-0.25, -0.2) is 9.78 Å². The van der Waals surface area contributed by atoms with Crippen LogP contribution < -0.4 is 5.32 Å². The third-order valence-corrected chi connectivity index (χ3v) is 3.06. The molecule has 0 spiro atoms. The summed E-state index contributed by atoms with van der Waals surface area (Å²) in [5.41, 5.74) is -0.000643. The number of hydrogen-bond acceptors (Lipinski definition) is 4. The normalized spacial score (nSPS) is 10.8. The SMILES string of the molecule is CC(C)N(C)CCCNC(=O)c1cccc(C(=O)O)n1. The molecule has 1 amide bonds. The van der Waals surface area contributed by atoms with Crippen LogP contribution in [-0.2, 0) is 0 Å². The quantitative estimate of drug-likeness (QED) is 0.734. The van der Waals surface area contributed by atoms with Gasteiger partial charge in [0.2, 0.25) is 0 Å².